The van der Waals surface area contributed by atoms with Crippen molar-refractivity contribution in [2.24, 2.45) is 11.3 Å². The van der Waals surface area contributed by atoms with Crippen molar-refractivity contribution >= 4 is 5.91 Å². The van der Waals surface area contributed by atoms with E-state index in [4.69, 9.17) is 0 Å². The number of hydrogen-bond acceptors (Lipinski definition) is 2. The average Bonchev–Trinajstić information content (AvgIpc) is 2.56. The zero-order valence-electron chi connectivity index (χ0n) is 12.1. The molecule has 1 amide bonds. The molecule has 2 aliphatic heterocycles. The molecule has 2 heterocycles. The van der Waals surface area contributed by atoms with Gasteiger partial charge < -0.3 is 10.6 Å². The number of amides is 1. The Morgan fingerprint density at radius 2 is 1.83 bits per heavy atom. The van der Waals surface area contributed by atoms with Crippen LogP contribution in [0.15, 0.2) is 0 Å². The number of hydrogen-bond donors (Lipinski definition) is 2. The number of nitrogens with one attached hydrogen (secondary N) is 2. The van der Waals surface area contributed by atoms with Gasteiger partial charge in [0.05, 0.1) is 0 Å². The van der Waals surface area contributed by atoms with Gasteiger partial charge in [0.25, 0.3) is 0 Å². The molecule has 2 saturated heterocycles. The summed E-state index contributed by atoms with van der Waals surface area (Å²) in [5.41, 5.74) is 0.307. The maximum absolute atomic E-state index is 11.9. The zero-order chi connectivity index (χ0) is 13.2. The topological polar surface area (TPSA) is 41.1 Å². The Hall–Kier alpha value is -0.570. The van der Waals surface area contributed by atoms with E-state index in [1.807, 2.05) is 0 Å². The summed E-state index contributed by atoms with van der Waals surface area (Å²) in [6.45, 7) is 7.46. The molecular weight excluding hydrogens is 224 g/mol. The van der Waals surface area contributed by atoms with Gasteiger partial charge in [-0.25, -0.2) is 0 Å². The summed E-state index contributed by atoms with van der Waals surface area (Å²) < 4.78 is 0. The number of piperidine rings is 1. The molecule has 2 unspecified atom stereocenters. The minimum Gasteiger partial charge on any atom is -0.356 e. The van der Waals surface area contributed by atoms with Gasteiger partial charge in [-0.3, -0.25) is 4.79 Å². The van der Waals surface area contributed by atoms with Gasteiger partial charge in [-0.2, -0.15) is 0 Å². The van der Waals surface area contributed by atoms with Crippen molar-refractivity contribution in [2.75, 3.05) is 6.54 Å². The van der Waals surface area contributed by atoms with Crippen LogP contribution in [0.4, 0.5) is 0 Å². The van der Waals surface area contributed by atoms with E-state index in [0.717, 1.165) is 19.4 Å². The fourth-order valence-electron chi connectivity index (χ4n) is 3.25. The monoisotopic (exact) mass is 252 g/mol. The number of carbonyl (C=O) groups excluding carboxylic acids is 1. The smallest absolute Gasteiger partial charge is 0.220 e. The summed E-state index contributed by atoms with van der Waals surface area (Å²) in [5.74, 6) is 0.865. The Bertz CT molecular complexity index is 283. The van der Waals surface area contributed by atoms with E-state index < -0.39 is 0 Å². The van der Waals surface area contributed by atoms with Crippen molar-refractivity contribution in [1.29, 1.82) is 0 Å². The summed E-state index contributed by atoms with van der Waals surface area (Å²) in [7, 11) is 0. The summed E-state index contributed by atoms with van der Waals surface area (Å²) in [5, 5.41) is 6.70. The van der Waals surface area contributed by atoms with Crippen molar-refractivity contribution in [3.05, 3.63) is 0 Å². The molecule has 0 saturated carbocycles. The maximum Gasteiger partial charge on any atom is 0.220 e. The summed E-state index contributed by atoms with van der Waals surface area (Å²) in [6, 6.07) is 1.38. The van der Waals surface area contributed by atoms with Gasteiger partial charge >= 0.3 is 0 Å². The van der Waals surface area contributed by atoms with Crippen molar-refractivity contribution in [3.8, 4) is 0 Å². The lowest BCUT2D eigenvalue weighted by Gasteiger charge is -2.28. The van der Waals surface area contributed by atoms with Crippen molar-refractivity contribution in [3.63, 3.8) is 0 Å². The number of fused-ring (bicyclic) bond motifs is 2. The van der Waals surface area contributed by atoms with Crippen LogP contribution in [-0.4, -0.2) is 24.5 Å². The molecule has 0 aromatic carbocycles. The molecule has 104 valence electrons. The summed E-state index contributed by atoms with van der Waals surface area (Å²) in [4.78, 5) is 11.9. The van der Waals surface area contributed by atoms with Crippen LogP contribution in [0.1, 0.15) is 59.3 Å². The minimum absolute atomic E-state index is 0.255. The van der Waals surface area contributed by atoms with Crippen molar-refractivity contribution < 1.29 is 4.79 Å². The third-order valence-electron chi connectivity index (χ3n) is 4.24. The van der Waals surface area contributed by atoms with Gasteiger partial charge in [0.15, 0.2) is 0 Å². The maximum atomic E-state index is 11.9. The fourth-order valence-corrected chi connectivity index (χ4v) is 3.25. The second-order valence-electron chi connectivity index (χ2n) is 7.34. The molecule has 0 spiro atoms. The molecule has 2 fully saturated rings. The quantitative estimate of drug-likeness (QED) is 0.807. The van der Waals surface area contributed by atoms with E-state index in [0.29, 0.717) is 23.4 Å². The molecule has 0 radical (unpaired) electrons. The first-order chi connectivity index (χ1) is 8.42. The van der Waals surface area contributed by atoms with E-state index in [2.05, 4.69) is 31.4 Å². The fraction of sp³-hybridized carbons (Fsp3) is 0.933. The first kappa shape index (κ1) is 13.9. The normalized spacial score (nSPS) is 31.4. The molecule has 3 heteroatoms. The largest absolute Gasteiger partial charge is 0.356 e. The van der Waals surface area contributed by atoms with Crippen molar-refractivity contribution in [1.82, 2.24) is 10.6 Å². The van der Waals surface area contributed by atoms with E-state index in [9.17, 15) is 4.79 Å². The van der Waals surface area contributed by atoms with Gasteiger partial charge in [-0.1, -0.05) is 20.8 Å². The third-order valence-corrected chi connectivity index (χ3v) is 4.24. The van der Waals surface area contributed by atoms with Crippen LogP contribution < -0.4 is 10.6 Å². The first-order valence-corrected chi connectivity index (χ1v) is 7.45. The molecule has 2 N–H and O–H groups in total. The van der Waals surface area contributed by atoms with Gasteiger partial charge in [-0.05, 0) is 43.4 Å². The van der Waals surface area contributed by atoms with Crippen molar-refractivity contribution in [2.45, 2.75) is 71.4 Å². The SMILES string of the molecule is CC(C)(C)CCNC(=O)CC1CC2CCC(C1)N2. The lowest BCUT2D eigenvalue weighted by atomic mass is 9.89. The van der Waals surface area contributed by atoms with E-state index in [1.54, 1.807) is 0 Å². The van der Waals surface area contributed by atoms with E-state index in [1.165, 1.54) is 25.7 Å². The van der Waals surface area contributed by atoms with Crippen LogP contribution in [0.25, 0.3) is 0 Å². The Kier molecular flexibility index (Phi) is 4.31. The van der Waals surface area contributed by atoms with Gasteiger partial charge in [-0.15, -0.1) is 0 Å². The predicted octanol–water partition coefficient (Wildman–Crippen LogP) is 2.46. The van der Waals surface area contributed by atoms with E-state index in [-0.39, 0.29) is 5.91 Å². The molecular formula is C15H28N2O. The Morgan fingerprint density at radius 1 is 1.22 bits per heavy atom. The van der Waals surface area contributed by atoms with Crippen LogP contribution in [0.3, 0.4) is 0 Å². The van der Waals surface area contributed by atoms with Crippen LogP contribution in [0.2, 0.25) is 0 Å². The van der Waals surface area contributed by atoms with E-state index >= 15 is 0 Å². The highest BCUT2D eigenvalue weighted by atomic mass is 16.1. The van der Waals surface area contributed by atoms with Crippen LogP contribution in [0.5, 0.6) is 0 Å². The van der Waals surface area contributed by atoms with Crippen LogP contribution in [0, 0.1) is 11.3 Å². The summed E-state index contributed by atoms with van der Waals surface area (Å²) in [6.07, 6.45) is 6.81. The predicted molar refractivity (Wildman–Crippen MR) is 74.4 cm³/mol. The second kappa shape index (κ2) is 5.60. The highest BCUT2D eigenvalue weighted by Crippen LogP contribution is 2.32. The molecule has 2 atom stereocenters. The number of carbonyl (C=O) groups is 1. The average molecular weight is 252 g/mol. The first-order valence-electron chi connectivity index (χ1n) is 7.45. The Morgan fingerprint density at radius 3 is 2.39 bits per heavy atom. The molecule has 0 aliphatic carbocycles. The third kappa shape index (κ3) is 4.27. The second-order valence-corrected chi connectivity index (χ2v) is 7.34. The standard InChI is InChI=1S/C15H28N2O/c1-15(2,3)6-7-16-14(18)10-11-8-12-4-5-13(9-11)17-12/h11-13,17H,4-10H2,1-3H3,(H,16,18). The Labute approximate surface area is 111 Å². The van der Waals surface area contributed by atoms with Gasteiger partial charge in [0.1, 0.15) is 0 Å². The van der Waals surface area contributed by atoms with Crippen LogP contribution in [-0.2, 0) is 4.79 Å². The molecule has 2 aliphatic rings. The highest BCUT2D eigenvalue weighted by molar-refractivity contribution is 5.76. The molecule has 2 rings (SSSR count). The minimum atomic E-state index is 0.255. The molecule has 3 nitrogen and oxygen atoms in total. The Balaban J connectivity index is 1.65. The van der Waals surface area contributed by atoms with Gasteiger partial charge in [0.2, 0.25) is 5.91 Å². The van der Waals surface area contributed by atoms with Gasteiger partial charge in [0, 0.05) is 25.0 Å². The molecule has 18 heavy (non-hydrogen) atoms. The number of rotatable bonds is 4. The molecule has 0 aromatic rings. The lowest BCUT2D eigenvalue weighted by Crippen LogP contribution is -2.40. The zero-order valence-corrected chi connectivity index (χ0v) is 12.1. The summed E-state index contributed by atoms with van der Waals surface area (Å²) >= 11 is 0. The molecule has 2 bridgehead atoms. The lowest BCUT2D eigenvalue weighted by molar-refractivity contribution is -0.122. The molecule has 0 aromatic heterocycles. The van der Waals surface area contributed by atoms with Crippen LogP contribution >= 0.6 is 0 Å². The highest BCUT2D eigenvalue weighted by Gasteiger charge is 2.34.